The lowest BCUT2D eigenvalue weighted by Crippen LogP contribution is -2.46. The van der Waals surface area contributed by atoms with E-state index in [1.165, 1.54) is 0 Å². The van der Waals surface area contributed by atoms with Gasteiger partial charge in [0.1, 0.15) is 0 Å². The third kappa shape index (κ3) is 4.49. The molecule has 0 bridgehead atoms. The van der Waals surface area contributed by atoms with E-state index >= 15 is 0 Å². The number of hydrogen-bond donors (Lipinski definition) is 2. The second-order valence-electron chi connectivity index (χ2n) is 5.12. The Hall–Kier alpha value is -1.36. The van der Waals surface area contributed by atoms with Gasteiger partial charge >= 0.3 is 11.8 Å². The van der Waals surface area contributed by atoms with E-state index in [4.69, 9.17) is 0 Å². The monoisotopic (exact) mass is 312 g/mol. The number of carbonyl (C=O) groups is 2. The molecule has 0 radical (unpaired) electrons. The molecular weight excluding hydrogens is 296 g/mol. The molecule has 0 fully saturated rings. The Morgan fingerprint density at radius 3 is 2.28 bits per heavy atom. The largest absolute Gasteiger partial charge is 0.343 e. The van der Waals surface area contributed by atoms with Crippen LogP contribution >= 0.6 is 15.9 Å². The zero-order chi connectivity index (χ0) is 13.9. The highest BCUT2D eigenvalue weighted by atomic mass is 79.9. The molecule has 0 spiro atoms. The minimum atomic E-state index is -0.657. The first-order valence-electron chi connectivity index (χ1n) is 5.59. The molecule has 0 aromatic heterocycles. The van der Waals surface area contributed by atoms with Crippen molar-refractivity contribution in [2.24, 2.45) is 0 Å². The molecule has 0 aliphatic rings. The summed E-state index contributed by atoms with van der Waals surface area (Å²) in [6, 6.07) is 5.43. The third-order valence-corrected chi connectivity index (χ3v) is 2.62. The van der Waals surface area contributed by atoms with E-state index < -0.39 is 17.4 Å². The van der Waals surface area contributed by atoms with Gasteiger partial charge in [-0.05, 0) is 51.5 Å². The highest BCUT2D eigenvalue weighted by Crippen LogP contribution is 2.19. The molecule has 0 aliphatic heterocycles. The first-order chi connectivity index (χ1) is 8.19. The highest BCUT2D eigenvalue weighted by Gasteiger charge is 2.20. The van der Waals surface area contributed by atoms with Gasteiger partial charge in [0.05, 0.1) is 0 Å². The van der Waals surface area contributed by atoms with Crippen LogP contribution in [0.2, 0.25) is 0 Å². The van der Waals surface area contributed by atoms with Crippen LogP contribution in [0.15, 0.2) is 22.7 Å². The second kappa shape index (κ2) is 5.52. The number of benzene rings is 1. The van der Waals surface area contributed by atoms with Crippen LogP contribution in [0.1, 0.15) is 26.3 Å². The summed E-state index contributed by atoms with van der Waals surface area (Å²) in [5.74, 6) is -1.29. The number of hydrogen-bond acceptors (Lipinski definition) is 2. The van der Waals surface area contributed by atoms with E-state index in [-0.39, 0.29) is 0 Å². The van der Waals surface area contributed by atoms with E-state index in [0.717, 1.165) is 10.0 Å². The van der Waals surface area contributed by atoms with E-state index in [2.05, 4.69) is 26.6 Å². The van der Waals surface area contributed by atoms with Crippen LogP contribution in [0.4, 0.5) is 5.69 Å². The molecule has 1 aromatic carbocycles. The minimum absolute atomic E-state index is 0.427. The molecule has 0 aliphatic carbocycles. The average Bonchev–Trinajstić information content (AvgIpc) is 2.19. The van der Waals surface area contributed by atoms with Gasteiger partial charge in [0, 0.05) is 15.7 Å². The average molecular weight is 313 g/mol. The van der Waals surface area contributed by atoms with Crippen molar-refractivity contribution in [1.29, 1.82) is 0 Å². The summed E-state index contributed by atoms with van der Waals surface area (Å²) in [4.78, 5) is 23.3. The van der Waals surface area contributed by atoms with Gasteiger partial charge in [-0.1, -0.05) is 15.9 Å². The molecule has 18 heavy (non-hydrogen) atoms. The summed E-state index contributed by atoms with van der Waals surface area (Å²) < 4.78 is 0.928. The van der Waals surface area contributed by atoms with Gasteiger partial charge < -0.3 is 10.6 Å². The van der Waals surface area contributed by atoms with Crippen LogP contribution in [0.25, 0.3) is 0 Å². The van der Waals surface area contributed by atoms with E-state index in [9.17, 15) is 9.59 Å². The fraction of sp³-hybridized carbons (Fsp3) is 0.385. The molecule has 0 heterocycles. The molecule has 5 heteroatoms. The van der Waals surface area contributed by atoms with Gasteiger partial charge in [-0.15, -0.1) is 0 Å². The van der Waals surface area contributed by atoms with Crippen molar-refractivity contribution in [2.75, 3.05) is 5.32 Å². The highest BCUT2D eigenvalue weighted by molar-refractivity contribution is 9.10. The molecule has 0 unspecified atom stereocenters. The maximum atomic E-state index is 11.7. The Morgan fingerprint density at radius 1 is 1.17 bits per heavy atom. The number of rotatable bonds is 1. The molecule has 98 valence electrons. The van der Waals surface area contributed by atoms with Gasteiger partial charge in [0.25, 0.3) is 0 Å². The van der Waals surface area contributed by atoms with Crippen molar-refractivity contribution in [1.82, 2.24) is 5.32 Å². The van der Waals surface area contributed by atoms with E-state index in [1.54, 1.807) is 6.07 Å². The number of carbonyl (C=O) groups excluding carboxylic acids is 2. The lowest BCUT2D eigenvalue weighted by atomic mass is 10.1. The zero-order valence-corrected chi connectivity index (χ0v) is 12.5. The summed E-state index contributed by atoms with van der Waals surface area (Å²) in [6.07, 6.45) is 0. The van der Waals surface area contributed by atoms with Crippen molar-refractivity contribution >= 4 is 33.4 Å². The molecule has 1 rings (SSSR count). The summed E-state index contributed by atoms with van der Waals surface area (Å²) in [5.41, 5.74) is 1.09. The van der Waals surface area contributed by atoms with Crippen LogP contribution in [0.5, 0.6) is 0 Å². The smallest absolute Gasteiger partial charge is 0.313 e. The topological polar surface area (TPSA) is 58.2 Å². The fourth-order valence-electron chi connectivity index (χ4n) is 1.34. The SMILES string of the molecule is Cc1cc(Br)ccc1NC(=O)C(=O)NC(C)(C)C. The summed E-state index contributed by atoms with van der Waals surface area (Å²) in [5, 5.41) is 5.20. The molecule has 4 nitrogen and oxygen atoms in total. The fourth-order valence-corrected chi connectivity index (χ4v) is 1.82. The lowest BCUT2D eigenvalue weighted by molar-refractivity contribution is -0.137. The van der Waals surface area contributed by atoms with Gasteiger partial charge in [0.2, 0.25) is 0 Å². The van der Waals surface area contributed by atoms with Crippen LogP contribution in [0.3, 0.4) is 0 Å². The Bertz CT molecular complexity index is 478. The van der Waals surface area contributed by atoms with Crippen molar-refractivity contribution in [3.8, 4) is 0 Å². The molecule has 2 N–H and O–H groups in total. The van der Waals surface area contributed by atoms with Crippen LogP contribution in [-0.2, 0) is 9.59 Å². The summed E-state index contributed by atoms with van der Waals surface area (Å²) in [6.45, 7) is 7.33. The summed E-state index contributed by atoms with van der Waals surface area (Å²) in [7, 11) is 0. The Kier molecular flexibility index (Phi) is 4.51. The van der Waals surface area contributed by atoms with E-state index in [1.807, 2.05) is 39.8 Å². The second-order valence-corrected chi connectivity index (χ2v) is 6.03. The van der Waals surface area contributed by atoms with Crippen molar-refractivity contribution in [3.05, 3.63) is 28.2 Å². The standard InChI is InChI=1S/C13H17BrN2O2/c1-8-7-9(14)5-6-10(8)15-11(17)12(18)16-13(2,3)4/h5-7H,1-4H3,(H,15,17)(H,16,18). The first-order valence-corrected chi connectivity index (χ1v) is 6.38. The van der Waals surface area contributed by atoms with Crippen molar-refractivity contribution < 1.29 is 9.59 Å². The number of nitrogens with one attached hydrogen (secondary N) is 2. The maximum absolute atomic E-state index is 11.7. The molecular formula is C13H17BrN2O2. The predicted molar refractivity (Wildman–Crippen MR) is 75.4 cm³/mol. The zero-order valence-electron chi connectivity index (χ0n) is 10.9. The van der Waals surface area contributed by atoms with Crippen molar-refractivity contribution in [2.45, 2.75) is 33.2 Å². The van der Waals surface area contributed by atoms with Gasteiger partial charge in [0.15, 0.2) is 0 Å². The third-order valence-electron chi connectivity index (χ3n) is 2.13. The molecule has 0 atom stereocenters. The van der Waals surface area contributed by atoms with Crippen LogP contribution < -0.4 is 10.6 Å². The van der Waals surface area contributed by atoms with Gasteiger partial charge in [-0.3, -0.25) is 9.59 Å². The van der Waals surface area contributed by atoms with Gasteiger partial charge in [-0.2, -0.15) is 0 Å². The summed E-state index contributed by atoms with van der Waals surface area (Å²) >= 11 is 3.34. The van der Waals surface area contributed by atoms with Gasteiger partial charge in [-0.25, -0.2) is 0 Å². The first kappa shape index (κ1) is 14.7. The Labute approximate surface area is 115 Å². The lowest BCUT2D eigenvalue weighted by Gasteiger charge is -2.20. The number of halogens is 1. The molecule has 1 aromatic rings. The number of amides is 2. The predicted octanol–water partition coefficient (Wildman–Crippen LogP) is 2.61. The van der Waals surface area contributed by atoms with Crippen molar-refractivity contribution in [3.63, 3.8) is 0 Å². The van der Waals surface area contributed by atoms with E-state index in [0.29, 0.717) is 5.69 Å². The maximum Gasteiger partial charge on any atom is 0.313 e. The molecule has 0 saturated carbocycles. The number of aryl methyl sites for hydroxylation is 1. The molecule has 2 amide bonds. The van der Waals surface area contributed by atoms with Crippen LogP contribution in [0, 0.1) is 6.92 Å². The van der Waals surface area contributed by atoms with Crippen LogP contribution in [-0.4, -0.2) is 17.4 Å². The Morgan fingerprint density at radius 2 is 1.78 bits per heavy atom. The Balaban J connectivity index is 2.73. The normalized spacial score (nSPS) is 10.9. The minimum Gasteiger partial charge on any atom is -0.343 e. The molecule has 0 saturated heterocycles. The quantitative estimate of drug-likeness (QED) is 0.783. The number of anilines is 1.